The van der Waals surface area contributed by atoms with Gasteiger partial charge in [-0.25, -0.2) is 13.1 Å². The van der Waals surface area contributed by atoms with Crippen molar-refractivity contribution in [1.82, 2.24) is 14.6 Å². The number of sulfonamides is 1. The fraction of sp³-hybridized carbons (Fsp3) is 0.286. The van der Waals surface area contributed by atoms with Crippen LogP contribution in [0.4, 0.5) is 5.69 Å². The first-order valence-corrected chi connectivity index (χ1v) is 11.6. The normalized spacial score (nSPS) is 15.6. The molecule has 1 aromatic heterocycles. The van der Waals surface area contributed by atoms with E-state index in [9.17, 15) is 13.2 Å². The van der Waals surface area contributed by atoms with Crippen molar-refractivity contribution >= 4 is 38.2 Å². The second-order valence-corrected chi connectivity index (χ2v) is 9.48. The molecule has 3 aromatic rings. The second-order valence-electron chi connectivity index (χ2n) is 7.28. The Balaban J connectivity index is 1.31. The van der Waals surface area contributed by atoms with Crippen molar-refractivity contribution in [3.63, 3.8) is 0 Å². The molecule has 4 rings (SSSR count). The molecule has 0 radical (unpaired) electrons. The highest BCUT2D eigenvalue weighted by Gasteiger charge is 2.19. The Labute approximate surface area is 180 Å². The van der Waals surface area contributed by atoms with Gasteiger partial charge >= 0.3 is 0 Å². The van der Waals surface area contributed by atoms with Gasteiger partial charge in [-0.3, -0.25) is 9.69 Å². The largest absolute Gasteiger partial charge is 0.369 e. The Morgan fingerprint density at radius 1 is 1.00 bits per heavy atom. The molecule has 158 valence electrons. The van der Waals surface area contributed by atoms with Crippen molar-refractivity contribution in [2.24, 2.45) is 0 Å². The number of fused-ring (bicyclic) bond motifs is 1. The number of halogens is 1. The van der Waals surface area contributed by atoms with Crippen molar-refractivity contribution in [1.29, 1.82) is 0 Å². The summed E-state index contributed by atoms with van der Waals surface area (Å²) < 4.78 is 27.9. The maximum atomic E-state index is 12.6. The van der Waals surface area contributed by atoms with Gasteiger partial charge in [0, 0.05) is 61.6 Å². The molecule has 0 bridgehead atoms. The minimum atomic E-state index is -3.61. The molecule has 1 aliphatic rings. The third-order valence-electron chi connectivity index (χ3n) is 5.27. The van der Waals surface area contributed by atoms with E-state index in [-0.39, 0.29) is 10.5 Å². The number of benzene rings is 2. The molecule has 2 aromatic carbocycles. The summed E-state index contributed by atoms with van der Waals surface area (Å²) in [6.45, 7) is 4.44. The Hall–Kier alpha value is -2.39. The Kier molecular flexibility index (Phi) is 6.10. The number of rotatable bonds is 6. The minimum Gasteiger partial charge on any atom is -0.369 e. The standard InChI is InChI=1S/C21H23ClN4O3S/c22-17-2-1-3-18(15-17)26-12-10-25(11-13-26)9-8-23-30(28,29)19-5-6-20-16(14-19)4-7-21(27)24-20/h1-7,14-15,23H,8-13H2,(H,24,27). The summed E-state index contributed by atoms with van der Waals surface area (Å²) >= 11 is 6.08. The van der Waals surface area contributed by atoms with Crippen molar-refractivity contribution < 1.29 is 8.42 Å². The van der Waals surface area contributed by atoms with Gasteiger partial charge in [-0.15, -0.1) is 0 Å². The van der Waals surface area contributed by atoms with Crippen LogP contribution in [0, 0.1) is 0 Å². The average Bonchev–Trinajstić information content (AvgIpc) is 2.73. The number of hydrogen-bond acceptors (Lipinski definition) is 5. The number of aromatic nitrogens is 1. The number of nitrogens with zero attached hydrogens (tertiary/aromatic N) is 2. The lowest BCUT2D eigenvalue weighted by atomic mass is 10.2. The predicted molar refractivity (Wildman–Crippen MR) is 120 cm³/mol. The van der Waals surface area contributed by atoms with Crippen LogP contribution in [0.5, 0.6) is 0 Å². The number of hydrogen-bond donors (Lipinski definition) is 2. The van der Waals surface area contributed by atoms with E-state index in [0.29, 0.717) is 24.0 Å². The topological polar surface area (TPSA) is 85.5 Å². The molecule has 1 saturated heterocycles. The molecule has 0 saturated carbocycles. The van der Waals surface area contributed by atoms with E-state index >= 15 is 0 Å². The van der Waals surface area contributed by atoms with Gasteiger partial charge in [-0.05, 0) is 47.9 Å². The number of pyridine rings is 1. The number of aromatic amines is 1. The maximum Gasteiger partial charge on any atom is 0.248 e. The van der Waals surface area contributed by atoms with Gasteiger partial charge in [-0.1, -0.05) is 17.7 Å². The minimum absolute atomic E-state index is 0.188. The van der Waals surface area contributed by atoms with E-state index in [1.54, 1.807) is 18.2 Å². The Morgan fingerprint density at radius 2 is 1.80 bits per heavy atom. The highest BCUT2D eigenvalue weighted by molar-refractivity contribution is 7.89. The third-order valence-corrected chi connectivity index (χ3v) is 6.97. The zero-order valence-corrected chi connectivity index (χ0v) is 17.9. The molecule has 9 heteroatoms. The monoisotopic (exact) mass is 446 g/mol. The first kappa shape index (κ1) is 20.9. The van der Waals surface area contributed by atoms with Crippen LogP contribution < -0.4 is 15.2 Å². The van der Waals surface area contributed by atoms with E-state index in [1.807, 2.05) is 18.2 Å². The van der Waals surface area contributed by atoms with E-state index in [2.05, 4.69) is 25.6 Å². The van der Waals surface area contributed by atoms with Crippen LogP contribution in [-0.2, 0) is 10.0 Å². The van der Waals surface area contributed by atoms with Crippen LogP contribution in [-0.4, -0.2) is 57.6 Å². The van der Waals surface area contributed by atoms with E-state index in [0.717, 1.165) is 36.9 Å². The van der Waals surface area contributed by atoms with Gasteiger partial charge in [0.25, 0.3) is 0 Å². The summed E-state index contributed by atoms with van der Waals surface area (Å²) in [6.07, 6.45) is 0. The van der Waals surface area contributed by atoms with Crippen molar-refractivity contribution in [3.8, 4) is 0 Å². The SMILES string of the molecule is O=c1ccc2cc(S(=O)(=O)NCCN3CCN(c4cccc(Cl)c4)CC3)ccc2[nH]1. The molecule has 0 unspecified atom stereocenters. The molecule has 0 aliphatic carbocycles. The second kappa shape index (κ2) is 8.77. The van der Waals surface area contributed by atoms with Crippen molar-refractivity contribution in [3.05, 3.63) is 70.0 Å². The van der Waals surface area contributed by atoms with Crippen LogP contribution in [0.15, 0.2) is 64.3 Å². The maximum absolute atomic E-state index is 12.6. The molecule has 7 nitrogen and oxygen atoms in total. The number of anilines is 1. The predicted octanol–water partition coefficient (Wildman–Crippen LogP) is 2.28. The number of piperazine rings is 1. The Bertz CT molecular complexity index is 1200. The van der Waals surface area contributed by atoms with Crippen LogP contribution >= 0.6 is 11.6 Å². The average molecular weight is 447 g/mol. The molecular weight excluding hydrogens is 424 g/mol. The van der Waals surface area contributed by atoms with Crippen molar-refractivity contribution in [2.45, 2.75) is 4.90 Å². The Morgan fingerprint density at radius 3 is 2.57 bits per heavy atom. The molecule has 2 N–H and O–H groups in total. The molecule has 0 spiro atoms. The van der Waals surface area contributed by atoms with Crippen LogP contribution in [0.1, 0.15) is 0 Å². The first-order valence-electron chi connectivity index (χ1n) is 9.76. The fourth-order valence-electron chi connectivity index (χ4n) is 3.62. The summed E-state index contributed by atoms with van der Waals surface area (Å²) in [7, 11) is -3.61. The molecule has 0 atom stereocenters. The highest BCUT2D eigenvalue weighted by Crippen LogP contribution is 2.21. The highest BCUT2D eigenvalue weighted by atomic mass is 35.5. The summed E-state index contributed by atoms with van der Waals surface area (Å²) in [4.78, 5) is 18.8. The van der Waals surface area contributed by atoms with E-state index in [4.69, 9.17) is 11.6 Å². The van der Waals surface area contributed by atoms with Gasteiger partial charge in [0.1, 0.15) is 0 Å². The van der Waals surface area contributed by atoms with E-state index < -0.39 is 10.0 Å². The molecule has 0 amide bonds. The summed E-state index contributed by atoms with van der Waals surface area (Å²) in [5.74, 6) is 0. The van der Waals surface area contributed by atoms with Crippen LogP contribution in [0.25, 0.3) is 10.9 Å². The molecular formula is C21H23ClN4O3S. The van der Waals surface area contributed by atoms with Gasteiger partial charge in [0.05, 0.1) is 4.90 Å². The summed E-state index contributed by atoms with van der Waals surface area (Å²) in [5, 5.41) is 1.40. The molecule has 30 heavy (non-hydrogen) atoms. The van der Waals surface area contributed by atoms with Gasteiger partial charge in [-0.2, -0.15) is 0 Å². The lowest BCUT2D eigenvalue weighted by Crippen LogP contribution is -2.48. The lowest BCUT2D eigenvalue weighted by molar-refractivity contribution is 0.262. The summed E-state index contributed by atoms with van der Waals surface area (Å²) in [5.41, 5.74) is 1.51. The van der Waals surface area contributed by atoms with Gasteiger partial charge < -0.3 is 9.88 Å². The quantitative estimate of drug-likeness (QED) is 0.606. The fourth-order valence-corrected chi connectivity index (χ4v) is 4.86. The smallest absolute Gasteiger partial charge is 0.248 e. The number of nitrogens with one attached hydrogen (secondary N) is 2. The van der Waals surface area contributed by atoms with Crippen LogP contribution in [0.2, 0.25) is 5.02 Å². The summed E-state index contributed by atoms with van der Waals surface area (Å²) in [6, 6.07) is 15.5. The van der Waals surface area contributed by atoms with E-state index in [1.165, 1.54) is 12.1 Å². The molecule has 1 fully saturated rings. The lowest BCUT2D eigenvalue weighted by Gasteiger charge is -2.36. The number of H-pyrrole nitrogens is 1. The zero-order chi connectivity index (χ0) is 21.1. The molecule has 2 heterocycles. The first-order chi connectivity index (χ1) is 14.4. The third kappa shape index (κ3) is 4.84. The van der Waals surface area contributed by atoms with Gasteiger partial charge in [0.15, 0.2) is 0 Å². The van der Waals surface area contributed by atoms with Gasteiger partial charge in [0.2, 0.25) is 15.6 Å². The molecule has 1 aliphatic heterocycles. The zero-order valence-electron chi connectivity index (χ0n) is 16.3. The van der Waals surface area contributed by atoms with Crippen LogP contribution in [0.3, 0.4) is 0 Å². The van der Waals surface area contributed by atoms with Crippen molar-refractivity contribution in [2.75, 3.05) is 44.2 Å².